The van der Waals surface area contributed by atoms with Crippen molar-refractivity contribution in [3.8, 4) is 0 Å². The van der Waals surface area contributed by atoms with Gasteiger partial charge in [0, 0.05) is 5.56 Å². The lowest BCUT2D eigenvalue weighted by Crippen LogP contribution is -2.13. The molecule has 2 rings (SSSR count). The van der Waals surface area contributed by atoms with Gasteiger partial charge in [-0.1, -0.05) is 23.7 Å². The van der Waals surface area contributed by atoms with Crippen molar-refractivity contribution < 1.29 is 27.2 Å². The lowest BCUT2D eigenvalue weighted by atomic mass is 9.95. The predicted molar refractivity (Wildman–Crippen MR) is 81.2 cm³/mol. The molecule has 2 aromatic carbocycles. The van der Waals surface area contributed by atoms with Crippen molar-refractivity contribution >= 4 is 34.2 Å². The van der Waals surface area contributed by atoms with E-state index in [9.17, 15) is 27.2 Å². The number of rotatable bonds is 3. The fourth-order valence-corrected chi connectivity index (χ4v) is 2.63. The van der Waals surface area contributed by atoms with E-state index in [-0.39, 0.29) is 5.56 Å². The van der Waals surface area contributed by atoms with Crippen LogP contribution in [0.15, 0.2) is 30.3 Å². The summed E-state index contributed by atoms with van der Waals surface area (Å²) in [5.74, 6) is -2.27. The van der Waals surface area contributed by atoms with Crippen molar-refractivity contribution in [1.82, 2.24) is 0 Å². The zero-order chi connectivity index (χ0) is 18.2. The highest BCUT2D eigenvalue weighted by atomic mass is 35.5. The van der Waals surface area contributed by atoms with Crippen molar-refractivity contribution in [2.45, 2.75) is 13.1 Å². The van der Waals surface area contributed by atoms with Crippen LogP contribution in [0.4, 0.5) is 17.6 Å². The number of ketones is 1. The molecule has 24 heavy (non-hydrogen) atoms. The molecular weight excluding hydrogens is 371 g/mol. The van der Waals surface area contributed by atoms with E-state index in [0.717, 1.165) is 18.2 Å². The van der Waals surface area contributed by atoms with Crippen LogP contribution in [0, 0.1) is 12.7 Å². The number of carbonyl (C=O) groups is 2. The molecule has 126 valence electrons. The first-order valence-corrected chi connectivity index (χ1v) is 7.20. The van der Waals surface area contributed by atoms with Gasteiger partial charge in [0.2, 0.25) is 0 Å². The summed E-state index contributed by atoms with van der Waals surface area (Å²) < 4.78 is 53.1. The molecule has 0 aliphatic rings. The Morgan fingerprint density at radius 1 is 1.04 bits per heavy atom. The zero-order valence-electron chi connectivity index (χ0n) is 12.0. The third-order valence-electron chi connectivity index (χ3n) is 3.34. The summed E-state index contributed by atoms with van der Waals surface area (Å²) in [5, 5.41) is -1.96. The highest BCUT2D eigenvalue weighted by Crippen LogP contribution is 2.37. The van der Waals surface area contributed by atoms with Crippen LogP contribution in [0.25, 0.3) is 0 Å². The Balaban J connectivity index is 2.67. The summed E-state index contributed by atoms with van der Waals surface area (Å²) in [6.45, 7) is 1.38. The smallest absolute Gasteiger partial charge is 0.288 e. The fourth-order valence-electron chi connectivity index (χ4n) is 2.16. The number of alkyl halides is 3. The first-order valence-electron chi connectivity index (χ1n) is 6.45. The van der Waals surface area contributed by atoms with Gasteiger partial charge in [-0.2, -0.15) is 13.2 Å². The first-order chi connectivity index (χ1) is 11.1. The van der Waals surface area contributed by atoms with Crippen molar-refractivity contribution in [3.63, 3.8) is 0 Å². The Kier molecular flexibility index (Phi) is 5.01. The monoisotopic (exact) mass is 378 g/mol. The van der Waals surface area contributed by atoms with E-state index in [1.165, 1.54) is 13.0 Å². The van der Waals surface area contributed by atoms with Crippen molar-refractivity contribution in [1.29, 1.82) is 0 Å². The maximum absolute atomic E-state index is 14.4. The van der Waals surface area contributed by atoms with Crippen LogP contribution in [0.1, 0.15) is 37.4 Å². The predicted octanol–water partition coefficient (Wildman–Crippen LogP) is 5.42. The van der Waals surface area contributed by atoms with E-state index in [0.29, 0.717) is 6.07 Å². The van der Waals surface area contributed by atoms with Crippen LogP contribution in [0.3, 0.4) is 0 Å². The molecule has 0 aromatic heterocycles. The van der Waals surface area contributed by atoms with Gasteiger partial charge in [0.05, 0.1) is 21.7 Å². The molecule has 0 atom stereocenters. The van der Waals surface area contributed by atoms with Gasteiger partial charge in [0.25, 0.3) is 5.24 Å². The van der Waals surface area contributed by atoms with E-state index in [1.807, 2.05) is 0 Å². The maximum atomic E-state index is 14.4. The minimum Gasteiger partial charge on any atom is -0.288 e. The Labute approximate surface area is 144 Å². The summed E-state index contributed by atoms with van der Waals surface area (Å²) in [6, 6.07) is 5.11. The Bertz CT molecular complexity index is 845. The molecule has 0 spiro atoms. The first kappa shape index (κ1) is 18.4. The fraction of sp³-hybridized carbons (Fsp3) is 0.125. The van der Waals surface area contributed by atoms with E-state index in [4.69, 9.17) is 23.2 Å². The molecule has 0 fully saturated rings. The standard InChI is InChI=1S/C16H8Cl2F4O2/c1-7-5-6-9(15(18)24)13(19)11(7)14(23)8-3-2-4-10(12(8)17)16(20,21)22/h2-6H,1H3. The minimum absolute atomic E-state index is 0.132. The van der Waals surface area contributed by atoms with Crippen LogP contribution in [0.2, 0.25) is 5.02 Å². The molecule has 0 bridgehead atoms. The SMILES string of the molecule is Cc1ccc(C(=O)Cl)c(F)c1C(=O)c1cccc(C(F)(F)F)c1Cl. The van der Waals surface area contributed by atoms with Gasteiger partial charge >= 0.3 is 6.18 Å². The third-order valence-corrected chi connectivity index (χ3v) is 3.95. The molecule has 0 heterocycles. The second kappa shape index (κ2) is 6.53. The van der Waals surface area contributed by atoms with E-state index in [2.05, 4.69) is 0 Å². The van der Waals surface area contributed by atoms with E-state index < -0.39 is 50.3 Å². The van der Waals surface area contributed by atoms with Crippen LogP contribution in [-0.2, 0) is 6.18 Å². The number of carbonyl (C=O) groups excluding carboxylic acids is 2. The average molecular weight is 379 g/mol. The summed E-state index contributed by atoms with van der Waals surface area (Å²) in [7, 11) is 0. The van der Waals surface area contributed by atoms with Gasteiger partial charge in [-0.05, 0) is 42.3 Å². The molecule has 0 unspecified atom stereocenters. The summed E-state index contributed by atoms with van der Waals surface area (Å²) >= 11 is 10.9. The highest BCUT2D eigenvalue weighted by Gasteiger charge is 2.35. The van der Waals surface area contributed by atoms with Gasteiger partial charge in [0.1, 0.15) is 5.82 Å². The highest BCUT2D eigenvalue weighted by molar-refractivity contribution is 6.67. The zero-order valence-corrected chi connectivity index (χ0v) is 13.5. The molecule has 8 heteroatoms. The molecular formula is C16H8Cl2F4O2. The number of hydrogen-bond acceptors (Lipinski definition) is 2. The summed E-state index contributed by atoms with van der Waals surface area (Å²) in [6.07, 6.45) is -4.77. The summed E-state index contributed by atoms with van der Waals surface area (Å²) in [4.78, 5) is 23.7. The lowest BCUT2D eigenvalue weighted by molar-refractivity contribution is -0.137. The average Bonchev–Trinajstić information content (AvgIpc) is 2.45. The Hall–Kier alpha value is -1.92. The van der Waals surface area contributed by atoms with Gasteiger partial charge < -0.3 is 0 Å². The molecule has 0 radical (unpaired) electrons. The molecule has 2 aromatic rings. The molecule has 0 saturated carbocycles. The number of halogens is 6. The van der Waals surface area contributed by atoms with Crippen LogP contribution >= 0.6 is 23.2 Å². The maximum Gasteiger partial charge on any atom is 0.417 e. The number of aryl methyl sites for hydroxylation is 1. The van der Waals surface area contributed by atoms with Crippen LogP contribution < -0.4 is 0 Å². The molecule has 0 amide bonds. The van der Waals surface area contributed by atoms with Gasteiger partial charge in [0.15, 0.2) is 5.78 Å². The van der Waals surface area contributed by atoms with Crippen molar-refractivity contribution in [2.75, 3.05) is 0 Å². The van der Waals surface area contributed by atoms with Gasteiger partial charge in [-0.3, -0.25) is 9.59 Å². The van der Waals surface area contributed by atoms with E-state index >= 15 is 0 Å². The third kappa shape index (κ3) is 3.30. The van der Waals surface area contributed by atoms with Crippen molar-refractivity contribution in [3.05, 3.63) is 69.0 Å². The van der Waals surface area contributed by atoms with E-state index in [1.54, 1.807) is 0 Å². The quantitative estimate of drug-likeness (QED) is 0.406. The van der Waals surface area contributed by atoms with Gasteiger partial charge in [-0.15, -0.1) is 0 Å². The largest absolute Gasteiger partial charge is 0.417 e. The minimum atomic E-state index is -4.77. The second-order valence-corrected chi connectivity index (χ2v) is 5.61. The normalized spacial score (nSPS) is 11.5. The van der Waals surface area contributed by atoms with Crippen LogP contribution in [-0.4, -0.2) is 11.0 Å². The number of benzene rings is 2. The molecule has 0 aliphatic heterocycles. The van der Waals surface area contributed by atoms with Crippen LogP contribution in [0.5, 0.6) is 0 Å². The Morgan fingerprint density at radius 3 is 2.21 bits per heavy atom. The Morgan fingerprint density at radius 2 is 1.67 bits per heavy atom. The molecule has 0 N–H and O–H groups in total. The topological polar surface area (TPSA) is 34.1 Å². The number of hydrogen-bond donors (Lipinski definition) is 0. The summed E-state index contributed by atoms with van der Waals surface area (Å²) in [5.41, 5.74) is -2.70. The molecule has 0 saturated heterocycles. The molecule has 0 aliphatic carbocycles. The lowest BCUT2D eigenvalue weighted by Gasteiger charge is -2.13. The second-order valence-electron chi connectivity index (χ2n) is 4.89. The molecule has 2 nitrogen and oxygen atoms in total. The van der Waals surface area contributed by atoms with Gasteiger partial charge in [-0.25, -0.2) is 4.39 Å². The van der Waals surface area contributed by atoms with Crippen molar-refractivity contribution in [2.24, 2.45) is 0 Å².